The van der Waals surface area contributed by atoms with E-state index in [0.29, 0.717) is 18.0 Å². The molecule has 1 aromatic carbocycles. The van der Waals surface area contributed by atoms with E-state index in [4.69, 9.17) is 0 Å². The Morgan fingerprint density at radius 3 is 2.38 bits per heavy atom. The minimum atomic E-state index is -3.15. The van der Waals surface area contributed by atoms with Crippen LogP contribution in [0.1, 0.15) is 31.4 Å². The number of amides is 1. The summed E-state index contributed by atoms with van der Waals surface area (Å²) in [4.78, 5) is 11.8. The van der Waals surface area contributed by atoms with Crippen LogP contribution in [-0.2, 0) is 14.6 Å². The Balaban J connectivity index is 1.77. The van der Waals surface area contributed by atoms with Gasteiger partial charge in [0, 0.05) is 31.3 Å². The summed E-state index contributed by atoms with van der Waals surface area (Å²) >= 11 is 0. The lowest BCUT2D eigenvalue weighted by molar-refractivity contribution is -0.122. The Labute approximate surface area is 126 Å². The minimum Gasteiger partial charge on any atom is -0.355 e. The Morgan fingerprint density at radius 2 is 1.86 bits per heavy atom. The maximum atomic E-state index is 11.5. The molecule has 0 bridgehead atoms. The Kier molecular flexibility index (Phi) is 5.00. The van der Waals surface area contributed by atoms with E-state index in [1.54, 1.807) is 12.1 Å². The molecule has 0 heterocycles. The van der Waals surface area contributed by atoms with Crippen molar-refractivity contribution >= 4 is 15.7 Å². The first-order chi connectivity index (χ1) is 9.88. The molecule has 1 atom stereocenters. The van der Waals surface area contributed by atoms with Crippen molar-refractivity contribution in [3.8, 4) is 0 Å². The van der Waals surface area contributed by atoms with Gasteiger partial charge in [0.15, 0.2) is 9.84 Å². The average molecular weight is 310 g/mol. The topological polar surface area (TPSA) is 75.3 Å². The molecule has 0 saturated heterocycles. The molecule has 0 radical (unpaired) electrons. The first kappa shape index (κ1) is 16.0. The van der Waals surface area contributed by atoms with Crippen molar-refractivity contribution in [2.45, 2.75) is 30.7 Å². The van der Waals surface area contributed by atoms with Gasteiger partial charge in [0.25, 0.3) is 0 Å². The number of carbonyl (C=O) groups is 1. The molecule has 5 nitrogen and oxygen atoms in total. The van der Waals surface area contributed by atoms with Crippen molar-refractivity contribution in [3.63, 3.8) is 0 Å². The number of rotatable bonds is 7. The molecule has 2 N–H and O–H groups in total. The largest absolute Gasteiger partial charge is 0.355 e. The number of benzene rings is 1. The van der Waals surface area contributed by atoms with Crippen LogP contribution in [0.4, 0.5) is 0 Å². The van der Waals surface area contributed by atoms with E-state index < -0.39 is 9.84 Å². The fourth-order valence-electron chi connectivity index (χ4n) is 2.09. The Bertz CT molecular complexity index is 592. The fraction of sp³-hybridized carbons (Fsp3) is 0.533. The molecule has 116 valence electrons. The lowest BCUT2D eigenvalue weighted by atomic mass is 10.1. The smallest absolute Gasteiger partial charge is 0.223 e. The van der Waals surface area contributed by atoms with Crippen LogP contribution >= 0.6 is 0 Å². The molecular weight excluding hydrogens is 288 g/mol. The van der Waals surface area contributed by atoms with Crippen LogP contribution in [0.3, 0.4) is 0 Å². The van der Waals surface area contributed by atoms with Gasteiger partial charge in [-0.1, -0.05) is 12.1 Å². The van der Waals surface area contributed by atoms with Crippen LogP contribution in [0.2, 0.25) is 0 Å². The molecular formula is C15H22N2O3S. The SMILES string of the molecule is CC(NCCNC(=O)C1CC1)c1ccc(S(C)(=O)=O)cc1. The lowest BCUT2D eigenvalue weighted by Crippen LogP contribution is -2.33. The van der Waals surface area contributed by atoms with E-state index in [0.717, 1.165) is 18.4 Å². The van der Waals surface area contributed by atoms with Crippen molar-refractivity contribution in [2.24, 2.45) is 5.92 Å². The quantitative estimate of drug-likeness (QED) is 0.744. The zero-order chi connectivity index (χ0) is 15.5. The van der Waals surface area contributed by atoms with Crippen LogP contribution in [0.5, 0.6) is 0 Å². The van der Waals surface area contributed by atoms with Crippen LogP contribution in [-0.4, -0.2) is 33.7 Å². The Hall–Kier alpha value is -1.40. The maximum absolute atomic E-state index is 11.5. The number of hydrogen-bond donors (Lipinski definition) is 2. The highest BCUT2D eigenvalue weighted by Crippen LogP contribution is 2.28. The number of hydrogen-bond acceptors (Lipinski definition) is 4. The van der Waals surface area contributed by atoms with Gasteiger partial charge < -0.3 is 10.6 Å². The number of nitrogens with one attached hydrogen (secondary N) is 2. The molecule has 1 aromatic rings. The summed E-state index contributed by atoms with van der Waals surface area (Å²) in [5.41, 5.74) is 1.02. The second-order valence-corrected chi connectivity index (χ2v) is 7.60. The molecule has 0 aliphatic heterocycles. The van der Waals surface area contributed by atoms with E-state index >= 15 is 0 Å². The first-order valence-electron chi connectivity index (χ1n) is 7.19. The molecule has 1 aliphatic rings. The van der Waals surface area contributed by atoms with Crippen LogP contribution in [0, 0.1) is 5.92 Å². The van der Waals surface area contributed by atoms with E-state index in [-0.39, 0.29) is 17.9 Å². The first-order valence-corrected chi connectivity index (χ1v) is 9.08. The third-order valence-electron chi connectivity index (χ3n) is 3.63. The summed E-state index contributed by atoms with van der Waals surface area (Å²) in [6.07, 6.45) is 3.23. The van der Waals surface area contributed by atoms with Crippen molar-refractivity contribution in [2.75, 3.05) is 19.3 Å². The third kappa shape index (κ3) is 4.82. The molecule has 0 spiro atoms. The lowest BCUT2D eigenvalue weighted by Gasteiger charge is -2.15. The third-order valence-corrected chi connectivity index (χ3v) is 4.76. The minimum absolute atomic E-state index is 0.108. The average Bonchev–Trinajstić information content (AvgIpc) is 3.27. The van der Waals surface area contributed by atoms with Crippen LogP contribution in [0.25, 0.3) is 0 Å². The van der Waals surface area contributed by atoms with Gasteiger partial charge >= 0.3 is 0 Å². The zero-order valence-corrected chi connectivity index (χ0v) is 13.2. The highest BCUT2D eigenvalue weighted by molar-refractivity contribution is 7.90. The van der Waals surface area contributed by atoms with E-state index in [9.17, 15) is 13.2 Å². The van der Waals surface area contributed by atoms with Gasteiger partial charge in [-0.15, -0.1) is 0 Å². The number of sulfone groups is 1. The Morgan fingerprint density at radius 1 is 1.24 bits per heavy atom. The highest BCUT2D eigenvalue weighted by atomic mass is 32.2. The summed E-state index contributed by atoms with van der Waals surface area (Å²) in [6, 6.07) is 6.99. The summed E-state index contributed by atoms with van der Waals surface area (Å²) in [5.74, 6) is 0.396. The van der Waals surface area contributed by atoms with Gasteiger partial charge in [-0.3, -0.25) is 4.79 Å². The van der Waals surface area contributed by atoms with Gasteiger partial charge in [0.2, 0.25) is 5.91 Å². The van der Waals surface area contributed by atoms with E-state index in [1.165, 1.54) is 6.26 Å². The maximum Gasteiger partial charge on any atom is 0.223 e. The van der Waals surface area contributed by atoms with Gasteiger partial charge in [-0.2, -0.15) is 0 Å². The fourth-order valence-corrected chi connectivity index (χ4v) is 2.72. The monoisotopic (exact) mass is 310 g/mol. The van der Waals surface area contributed by atoms with Crippen LogP contribution in [0.15, 0.2) is 29.2 Å². The highest BCUT2D eigenvalue weighted by Gasteiger charge is 2.28. The molecule has 1 unspecified atom stereocenters. The van der Waals surface area contributed by atoms with Crippen molar-refractivity contribution < 1.29 is 13.2 Å². The predicted molar refractivity (Wildman–Crippen MR) is 81.7 cm³/mol. The molecule has 1 amide bonds. The molecule has 1 saturated carbocycles. The standard InChI is InChI=1S/C15H22N2O3S/c1-11(16-9-10-17-15(18)13-3-4-13)12-5-7-14(8-6-12)21(2,19)20/h5-8,11,13,16H,3-4,9-10H2,1-2H3,(H,17,18). The summed E-state index contributed by atoms with van der Waals surface area (Å²) in [5, 5.41) is 6.21. The summed E-state index contributed by atoms with van der Waals surface area (Å²) in [6.45, 7) is 3.31. The second-order valence-electron chi connectivity index (χ2n) is 5.58. The second kappa shape index (κ2) is 6.58. The predicted octanol–water partition coefficient (Wildman–Crippen LogP) is 1.27. The van der Waals surface area contributed by atoms with Gasteiger partial charge in [-0.25, -0.2) is 8.42 Å². The molecule has 21 heavy (non-hydrogen) atoms. The molecule has 1 fully saturated rings. The normalized spacial score (nSPS) is 16.5. The van der Waals surface area contributed by atoms with Crippen molar-refractivity contribution in [3.05, 3.63) is 29.8 Å². The summed E-state index contributed by atoms with van der Waals surface area (Å²) < 4.78 is 22.8. The molecule has 1 aliphatic carbocycles. The summed E-state index contributed by atoms with van der Waals surface area (Å²) in [7, 11) is -3.15. The molecule has 0 aromatic heterocycles. The number of carbonyl (C=O) groups excluding carboxylic acids is 1. The van der Waals surface area contributed by atoms with E-state index in [1.807, 2.05) is 19.1 Å². The van der Waals surface area contributed by atoms with Crippen molar-refractivity contribution in [1.82, 2.24) is 10.6 Å². The molecule has 2 rings (SSSR count). The molecule has 6 heteroatoms. The van der Waals surface area contributed by atoms with Gasteiger partial charge in [0.1, 0.15) is 0 Å². The van der Waals surface area contributed by atoms with Gasteiger partial charge in [-0.05, 0) is 37.5 Å². The van der Waals surface area contributed by atoms with Crippen LogP contribution < -0.4 is 10.6 Å². The van der Waals surface area contributed by atoms with Gasteiger partial charge in [0.05, 0.1) is 4.90 Å². The zero-order valence-electron chi connectivity index (χ0n) is 12.4. The van der Waals surface area contributed by atoms with Crippen molar-refractivity contribution in [1.29, 1.82) is 0 Å². The van der Waals surface area contributed by atoms with E-state index in [2.05, 4.69) is 10.6 Å².